The van der Waals surface area contributed by atoms with Crippen LogP contribution in [0.2, 0.25) is 0 Å². The van der Waals surface area contributed by atoms with E-state index in [1.807, 2.05) is 25.6 Å². The van der Waals surface area contributed by atoms with Crippen molar-refractivity contribution in [1.29, 1.82) is 0 Å². The first-order chi connectivity index (χ1) is 8.99. The van der Waals surface area contributed by atoms with Gasteiger partial charge >= 0.3 is 5.97 Å². The van der Waals surface area contributed by atoms with Crippen LogP contribution in [-0.4, -0.2) is 25.8 Å². The summed E-state index contributed by atoms with van der Waals surface area (Å²) in [5.41, 5.74) is 4.07. The molecule has 6 nitrogen and oxygen atoms in total. The highest BCUT2D eigenvalue weighted by Gasteiger charge is 2.09. The standard InChI is InChI=1S/C13H16N4O2/c1-8-11(9(2)17(3)16-8)7-14-10-4-5-12(13(18)19)15-6-10/h4-6,14H,7H2,1-3H3,(H,18,19). The topological polar surface area (TPSA) is 80.0 Å². The molecule has 2 aromatic rings. The van der Waals surface area contributed by atoms with Crippen molar-refractivity contribution in [3.8, 4) is 0 Å². The van der Waals surface area contributed by atoms with Crippen LogP contribution in [0, 0.1) is 13.8 Å². The van der Waals surface area contributed by atoms with Crippen LogP contribution in [0.15, 0.2) is 18.3 Å². The van der Waals surface area contributed by atoms with Gasteiger partial charge in [0.25, 0.3) is 0 Å². The molecule has 19 heavy (non-hydrogen) atoms. The van der Waals surface area contributed by atoms with E-state index in [9.17, 15) is 4.79 Å². The van der Waals surface area contributed by atoms with Crippen molar-refractivity contribution in [2.24, 2.45) is 7.05 Å². The third-order valence-corrected chi connectivity index (χ3v) is 3.11. The van der Waals surface area contributed by atoms with Crippen molar-refractivity contribution >= 4 is 11.7 Å². The third kappa shape index (κ3) is 2.73. The molecule has 100 valence electrons. The maximum atomic E-state index is 10.7. The highest BCUT2D eigenvalue weighted by molar-refractivity contribution is 5.85. The number of hydrogen-bond acceptors (Lipinski definition) is 4. The molecule has 2 aromatic heterocycles. The molecule has 0 radical (unpaired) electrons. The minimum Gasteiger partial charge on any atom is -0.477 e. The number of carboxylic acids is 1. The van der Waals surface area contributed by atoms with Gasteiger partial charge in [-0.15, -0.1) is 0 Å². The second-order valence-electron chi connectivity index (χ2n) is 4.36. The first kappa shape index (κ1) is 13.1. The Morgan fingerprint density at radius 2 is 2.16 bits per heavy atom. The Kier molecular flexibility index (Phi) is 3.50. The van der Waals surface area contributed by atoms with Gasteiger partial charge < -0.3 is 10.4 Å². The van der Waals surface area contributed by atoms with E-state index in [2.05, 4.69) is 15.4 Å². The summed E-state index contributed by atoms with van der Waals surface area (Å²) >= 11 is 0. The Bertz CT molecular complexity index is 602. The minimum atomic E-state index is -1.02. The zero-order valence-corrected chi connectivity index (χ0v) is 11.1. The number of pyridine rings is 1. The molecule has 0 aliphatic carbocycles. The van der Waals surface area contributed by atoms with Gasteiger partial charge in [0.15, 0.2) is 0 Å². The zero-order chi connectivity index (χ0) is 14.0. The Morgan fingerprint density at radius 1 is 1.42 bits per heavy atom. The number of rotatable bonds is 4. The average molecular weight is 260 g/mol. The smallest absolute Gasteiger partial charge is 0.354 e. The summed E-state index contributed by atoms with van der Waals surface area (Å²) in [6, 6.07) is 3.19. The van der Waals surface area contributed by atoms with Crippen LogP contribution in [0.3, 0.4) is 0 Å². The number of aryl methyl sites for hydroxylation is 2. The summed E-state index contributed by atoms with van der Waals surface area (Å²) in [5.74, 6) is -1.02. The molecular formula is C13H16N4O2. The largest absolute Gasteiger partial charge is 0.477 e. The van der Waals surface area contributed by atoms with E-state index in [1.54, 1.807) is 6.07 Å². The van der Waals surface area contributed by atoms with Crippen LogP contribution in [-0.2, 0) is 13.6 Å². The monoisotopic (exact) mass is 260 g/mol. The molecule has 0 amide bonds. The zero-order valence-electron chi connectivity index (χ0n) is 11.1. The van der Waals surface area contributed by atoms with E-state index in [1.165, 1.54) is 12.3 Å². The number of hydrogen-bond donors (Lipinski definition) is 2. The predicted molar refractivity (Wildman–Crippen MR) is 71.2 cm³/mol. The SMILES string of the molecule is Cc1nn(C)c(C)c1CNc1ccc(C(=O)O)nc1. The normalized spacial score (nSPS) is 10.5. The summed E-state index contributed by atoms with van der Waals surface area (Å²) in [7, 11) is 1.91. The van der Waals surface area contributed by atoms with Crippen LogP contribution in [0.25, 0.3) is 0 Å². The van der Waals surface area contributed by atoms with Gasteiger partial charge in [-0.3, -0.25) is 4.68 Å². The minimum absolute atomic E-state index is 0.0410. The maximum absolute atomic E-state index is 10.7. The van der Waals surface area contributed by atoms with Crippen molar-refractivity contribution in [3.63, 3.8) is 0 Å². The molecule has 6 heteroatoms. The van der Waals surface area contributed by atoms with Gasteiger partial charge in [0.1, 0.15) is 5.69 Å². The molecule has 2 heterocycles. The highest BCUT2D eigenvalue weighted by Crippen LogP contribution is 2.14. The Hall–Kier alpha value is -2.37. The number of nitrogens with zero attached hydrogens (tertiary/aromatic N) is 3. The molecule has 0 fully saturated rings. The van der Waals surface area contributed by atoms with Crippen LogP contribution in [0.1, 0.15) is 27.4 Å². The number of aromatic nitrogens is 3. The number of carboxylic acid groups (broad SMARTS) is 1. The molecule has 0 saturated carbocycles. The first-order valence-corrected chi connectivity index (χ1v) is 5.91. The molecule has 0 aromatic carbocycles. The van der Waals surface area contributed by atoms with E-state index < -0.39 is 5.97 Å². The van der Waals surface area contributed by atoms with E-state index >= 15 is 0 Å². The lowest BCUT2D eigenvalue weighted by molar-refractivity contribution is 0.0690. The summed E-state index contributed by atoms with van der Waals surface area (Å²) in [6.07, 6.45) is 1.52. The van der Waals surface area contributed by atoms with Crippen LogP contribution in [0.5, 0.6) is 0 Å². The second kappa shape index (κ2) is 5.09. The van der Waals surface area contributed by atoms with Crippen LogP contribution in [0.4, 0.5) is 5.69 Å². The maximum Gasteiger partial charge on any atom is 0.354 e. The van der Waals surface area contributed by atoms with Crippen LogP contribution >= 0.6 is 0 Å². The molecule has 2 N–H and O–H groups in total. The van der Waals surface area contributed by atoms with Gasteiger partial charge in [-0.1, -0.05) is 0 Å². The predicted octanol–water partition coefficient (Wildman–Crippen LogP) is 1.74. The van der Waals surface area contributed by atoms with E-state index in [0.717, 1.165) is 22.6 Å². The van der Waals surface area contributed by atoms with Gasteiger partial charge in [0.05, 0.1) is 17.6 Å². The summed E-state index contributed by atoms with van der Waals surface area (Å²) in [4.78, 5) is 14.5. The Balaban J connectivity index is 2.08. The average Bonchev–Trinajstić information content (AvgIpc) is 2.62. The number of anilines is 1. The molecule has 2 rings (SSSR count). The Morgan fingerprint density at radius 3 is 2.63 bits per heavy atom. The summed E-state index contributed by atoms with van der Waals surface area (Å²) in [6.45, 7) is 4.62. The van der Waals surface area contributed by atoms with E-state index in [-0.39, 0.29) is 5.69 Å². The summed E-state index contributed by atoms with van der Waals surface area (Å²) in [5, 5.41) is 16.3. The van der Waals surface area contributed by atoms with Crippen molar-refractivity contribution in [1.82, 2.24) is 14.8 Å². The van der Waals surface area contributed by atoms with Gasteiger partial charge in [0, 0.05) is 24.8 Å². The van der Waals surface area contributed by atoms with Crippen molar-refractivity contribution < 1.29 is 9.90 Å². The van der Waals surface area contributed by atoms with Gasteiger partial charge in [-0.05, 0) is 26.0 Å². The van der Waals surface area contributed by atoms with Gasteiger partial charge in [0.2, 0.25) is 0 Å². The lowest BCUT2D eigenvalue weighted by Gasteiger charge is -2.06. The second-order valence-corrected chi connectivity index (χ2v) is 4.36. The van der Waals surface area contributed by atoms with Crippen molar-refractivity contribution in [2.75, 3.05) is 5.32 Å². The molecule has 0 aliphatic heterocycles. The summed E-state index contributed by atoms with van der Waals surface area (Å²) < 4.78 is 1.85. The quantitative estimate of drug-likeness (QED) is 0.875. The fourth-order valence-corrected chi connectivity index (χ4v) is 1.89. The van der Waals surface area contributed by atoms with Crippen LogP contribution < -0.4 is 5.32 Å². The van der Waals surface area contributed by atoms with Gasteiger partial charge in [-0.25, -0.2) is 9.78 Å². The van der Waals surface area contributed by atoms with E-state index in [4.69, 9.17) is 5.11 Å². The fraction of sp³-hybridized carbons (Fsp3) is 0.308. The van der Waals surface area contributed by atoms with Crippen molar-refractivity contribution in [3.05, 3.63) is 41.0 Å². The number of aromatic carboxylic acids is 1. The fourth-order valence-electron chi connectivity index (χ4n) is 1.89. The molecule has 0 spiro atoms. The molecule has 0 saturated heterocycles. The number of nitrogens with one attached hydrogen (secondary N) is 1. The van der Waals surface area contributed by atoms with E-state index in [0.29, 0.717) is 6.54 Å². The molecular weight excluding hydrogens is 244 g/mol. The highest BCUT2D eigenvalue weighted by atomic mass is 16.4. The molecule has 0 unspecified atom stereocenters. The molecule has 0 bridgehead atoms. The molecule has 0 aliphatic rings. The lowest BCUT2D eigenvalue weighted by atomic mass is 10.2. The Labute approximate surface area is 111 Å². The third-order valence-electron chi connectivity index (χ3n) is 3.11. The number of carbonyl (C=O) groups is 1. The lowest BCUT2D eigenvalue weighted by Crippen LogP contribution is -2.04. The van der Waals surface area contributed by atoms with Crippen molar-refractivity contribution in [2.45, 2.75) is 20.4 Å². The molecule has 0 atom stereocenters. The van der Waals surface area contributed by atoms with Gasteiger partial charge in [-0.2, -0.15) is 5.10 Å². The first-order valence-electron chi connectivity index (χ1n) is 5.91.